The molecule has 2 rings (SSSR count). The summed E-state index contributed by atoms with van der Waals surface area (Å²) in [7, 11) is 0. The molecule has 0 bridgehead atoms. The number of carbonyl (C=O) groups is 1. The van der Waals surface area contributed by atoms with Gasteiger partial charge in [0.05, 0.1) is 16.6 Å². The zero-order chi connectivity index (χ0) is 13.1. The van der Waals surface area contributed by atoms with Crippen LogP contribution >= 0.6 is 23.2 Å². The van der Waals surface area contributed by atoms with Crippen LogP contribution in [-0.4, -0.2) is 43.5 Å². The van der Waals surface area contributed by atoms with Gasteiger partial charge in [0.15, 0.2) is 0 Å². The molecule has 2 N–H and O–H groups in total. The van der Waals surface area contributed by atoms with E-state index in [0.29, 0.717) is 16.6 Å². The van der Waals surface area contributed by atoms with Crippen molar-refractivity contribution in [1.82, 2.24) is 4.90 Å². The first-order valence-corrected chi connectivity index (χ1v) is 6.52. The molecule has 4 nitrogen and oxygen atoms in total. The van der Waals surface area contributed by atoms with Crippen molar-refractivity contribution in [2.24, 2.45) is 5.73 Å². The van der Waals surface area contributed by atoms with E-state index >= 15 is 0 Å². The summed E-state index contributed by atoms with van der Waals surface area (Å²) in [6, 6.07) is 5.63. The van der Waals surface area contributed by atoms with Crippen molar-refractivity contribution in [2.45, 2.75) is 0 Å². The van der Waals surface area contributed by atoms with E-state index in [4.69, 9.17) is 28.9 Å². The number of nitrogens with zero attached hydrogens (tertiary/aromatic N) is 2. The Bertz CT molecular complexity index is 445. The van der Waals surface area contributed by atoms with Gasteiger partial charge in [-0.3, -0.25) is 9.69 Å². The van der Waals surface area contributed by atoms with Crippen molar-refractivity contribution in [3.05, 3.63) is 28.2 Å². The molecule has 1 saturated heterocycles. The van der Waals surface area contributed by atoms with E-state index < -0.39 is 0 Å². The largest absolute Gasteiger partial charge is 0.369 e. The van der Waals surface area contributed by atoms with E-state index in [-0.39, 0.29) is 5.91 Å². The maximum absolute atomic E-state index is 10.8. The Hall–Kier alpha value is -0.970. The third-order valence-electron chi connectivity index (χ3n) is 3.02. The van der Waals surface area contributed by atoms with Crippen LogP contribution in [0, 0.1) is 0 Å². The zero-order valence-electron chi connectivity index (χ0n) is 9.90. The van der Waals surface area contributed by atoms with Gasteiger partial charge in [0, 0.05) is 31.9 Å². The molecule has 0 saturated carbocycles. The minimum Gasteiger partial charge on any atom is -0.369 e. The van der Waals surface area contributed by atoms with Gasteiger partial charge >= 0.3 is 0 Å². The Kier molecular flexibility index (Phi) is 4.32. The summed E-state index contributed by atoms with van der Waals surface area (Å²) < 4.78 is 0. The quantitative estimate of drug-likeness (QED) is 0.919. The van der Waals surface area contributed by atoms with Crippen LogP contribution in [0.4, 0.5) is 5.69 Å². The number of halogens is 2. The Morgan fingerprint density at radius 2 is 1.83 bits per heavy atom. The number of amides is 1. The monoisotopic (exact) mass is 287 g/mol. The molecule has 1 aromatic carbocycles. The normalized spacial score (nSPS) is 16.9. The first kappa shape index (κ1) is 13.5. The lowest BCUT2D eigenvalue weighted by Crippen LogP contribution is -2.48. The number of anilines is 1. The van der Waals surface area contributed by atoms with Gasteiger partial charge in [0.1, 0.15) is 0 Å². The van der Waals surface area contributed by atoms with Crippen LogP contribution in [-0.2, 0) is 4.79 Å². The summed E-state index contributed by atoms with van der Waals surface area (Å²) >= 11 is 11.9. The summed E-state index contributed by atoms with van der Waals surface area (Å²) in [6.45, 7) is 3.68. The van der Waals surface area contributed by atoms with E-state index in [1.807, 2.05) is 12.1 Å². The maximum Gasteiger partial charge on any atom is 0.231 e. The minimum atomic E-state index is -0.280. The second-order valence-corrected chi connectivity index (χ2v) is 5.14. The van der Waals surface area contributed by atoms with E-state index in [1.54, 1.807) is 6.07 Å². The Balaban J connectivity index is 1.96. The highest BCUT2D eigenvalue weighted by molar-refractivity contribution is 6.42. The van der Waals surface area contributed by atoms with Crippen molar-refractivity contribution in [1.29, 1.82) is 0 Å². The Morgan fingerprint density at radius 1 is 1.17 bits per heavy atom. The second kappa shape index (κ2) is 5.78. The van der Waals surface area contributed by atoms with Crippen LogP contribution in [0.15, 0.2) is 18.2 Å². The minimum absolute atomic E-state index is 0.280. The molecular weight excluding hydrogens is 273 g/mol. The molecule has 1 fully saturated rings. The number of rotatable bonds is 3. The Morgan fingerprint density at radius 3 is 2.39 bits per heavy atom. The topological polar surface area (TPSA) is 49.6 Å². The number of benzene rings is 1. The van der Waals surface area contributed by atoms with E-state index in [1.165, 1.54) is 0 Å². The van der Waals surface area contributed by atoms with Crippen LogP contribution in [0.5, 0.6) is 0 Å². The standard InChI is InChI=1S/C12H15Cl2N3O/c13-10-2-1-9(7-11(10)14)17-5-3-16(4-6-17)8-12(15)18/h1-2,7H,3-6,8H2,(H2,15,18). The van der Waals surface area contributed by atoms with Gasteiger partial charge in [0.2, 0.25) is 5.91 Å². The fourth-order valence-electron chi connectivity index (χ4n) is 2.07. The summed E-state index contributed by atoms with van der Waals surface area (Å²) in [4.78, 5) is 15.1. The highest BCUT2D eigenvalue weighted by Crippen LogP contribution is 2.27. The third kappa shape index (κ3) is 3.28. The molecule has 6 heteroatoms. The van der Waals surface area contributed by atoms with Crippen LogP contribution in [0.25, 0.3) is 0 Å². The zero-order valence-corrected chi connectivity index (χ0v) is 11.4. The number of primary amides is 1. The molecule has 18 heavy (non-hydrogen) atoms. The summed E-state index contributed by atoms with van der Waals surface area (Å²) in [6.07, 6.45) is 0. The molecule has 98 valence electrons. The van der Waals surface area contributed by atoms with Gasteiger partial charge in [-0.15, -0.1) is 0 Å². The maximum atomic E-state index is 10.8. The smallest absolute Gasteiger partial charge is 0.231 e. The molecule has 1 heterocycles. The van der Waals surface area contributed by atoms with Gasteiger partial charge in [-0.25, -0.2) is 0 Å². The molecule has 0 radical (unpaired) electrons. The van der Waals surface area contributed by atoms with Crippen molar-refractivity contribution < 1.29 is 4.79 Å². The van der Waals surface area contributed by atoms with Crippen molar-refractivity contribution >= 4 is 34.8 Å². The molecule has 1 aromatic rings. The fraction of sp³-hybridized carbons (Fsp3) is 0.417. The molecule has 0 atom stereocenters. The van der Waals surface area contributed by atoms with Crippen molar-refractivity contribution in [2.75, 3.05) is 37.6 Å². The van der Waals surface area contributed by atoms with Gasteiger partial charge in [0.25, 0.3) is 0 Å². The number of hydrogen-bond acceptors (Lipinski definition) is 3. The average Bonchev–Trinajstić information content (AvgIpc) is 2.33. The SMILES string of the molecule is NC(=O)CN1CCN(c2ccc(Cl)c(Cl)c2)CC1. The van der Waals surface area contributed by atoms with E-state index in [0.717, 1.165) is 31.9 Å². The van der Waals surface area contributed by atoms with Gasteiger partial charge in [-0.05, 0) is 18.2 Å². The van der Waals surface area contributed by atoms with Gasteiger partial charge < -0.3 is 10.6 Å². The highest BCUT2D eigenvalue weighted by atomic mass is 35.5. The van der Waals surface area contributed by atoms with E-state index in [2.05, 4.69) is 9.80 Å². The summed E-state index contributed by atoms with van der Waals surface area (Å²) in [5, 5.41) is 1.13. The summed E-state index contributed by atoms with van der Waals surface area (Å²) in [5.41, 5.74) is 6.24. The first-order chi connectivity index (χ1) is 8.56. The highest BCUT2D eigenvalue weighted by Gasteiger charge is 2.18. The average molecular weight is 288 g/mol. The lowest BCUT2D eigenvalue weighted by Gasteiger charge is -2.35. The van der Waals surface area contributed by atoms with Gasteiger partial charge in [-0.1, -0.05) is 23.2 Å². The van der Waals surface area contributed by atoms with Crippen LogP contribution in [0.1, 0.15) is 0 Å². The lowest BCUT2D eigenvalue weighted by molar-refractivity contribution is -0.119. The van der Waals surface area contributed by atoms with Crippen molar-refractivity contribution in [3.8, 4) is 0 Å². The fourth-order valence-corrected chi connectivity index (χ4v) is 2.36. The van der Waals surface area contributed by atoms with Gasteiger partial charge in [-0.2, -0.15) is 0 Å². The summed E-state index contributed by atoms with van der Waals surface area (Å²) in [5.74, 6) is -0.280. The van der Waals surface area contributed by atoms with E-state index in [9.17, 15) is 4.79 Å². The molecule has 0 aliphatic carbocycles. The number of nitrogens with two attached hydrogens (primary N) is 1. The number of hydrogen-bond donors (Lipinski definition) is 1. The van der Waals surface area contributed by atoms with Crippen LogP contribution in [0.2, 0.25) is 10.0 Å². The third-order valence-corrected chi connectivity index (χ3v) is 3.76. The lowest BCUT2D eigenvalue weighted by atomic mass is 10.2. The van der Waals surface area contributed by atoms with Crippen LogP contribution in [0.3, 0.4) is 0 Å². The molecule has 0 unspecified atom stereocenters. The Labute approximate surface area is 116 Å². The molecular formula is C12H15Cl2N3O. The molecule has 1 aliphatic heterocycles. The molecule has 1 aliphatic rings. The molecule has 1 amide bonds. The predicted molar refractivity (Wildman–Crippen MR) is 74.3 cm³/mol. The number of piperazine rings is 1. The van der Waals surface area contributed by atoms with Crippen LogP contribution < -0.4 is 10.6 Å². The second-order valence-electron chi connectivity index (χ2n) is 4.33. The predicted octanol–water partition coefficient (Wildman–Crippen LogP) is 1.60. The molecule has 0 aromatic heterocycles. The number of carbonyl (C=O) groups excluding carboxylic acids is 1. The molecule has 0 spiro atoms. The van der Waals surface area contributed by atoms with Crippen molar-refractivity contribution in [3.63, 3.8) is 0 Å². The first-order valence-electron chi connectivity index (χ1n) is 5.77.